The summed E-state index contributed by atoms with van der Waals surface area (Å²) in [7, 11) is 0. The lowest BCUT2D eigenvalue weighted by Crippen LogP contribution is -2.26. The SMILES string of the molecule is Cc1cccc(-n2c(SCC(=O)NCc3ccc(Cl)cc3)nc3ccsc3c2=O)c1. The summed E-state index contributed by atoms with van der Waals surface area (Å²) >= 11 is 8.51. The molecule has 2 aromatic heterocycles. The van der Waals surface area contributed by atoms with Crippen molar-refractivity contribution in [3.8, 4) is 5.69 Å². The Morgan fingerprint density at radius 2 is 2.00 bits per heavy atom. The first-order valence-electron chi connectivity index (χ1n) is 9.22. The number of nitrogens with zero attached hydrogens (tertiary/aromatic N) is 2. The highest BCUT2D eigenvalue weighted by Crippen LogP contribution is 2.24. The number of aryl methyl sites for hydroxylation is 1. The van der Waals surface area contributed by atoms with Crippen molar-refractivity contribution in [1.29, 1.82) is 0 Å². The molecule has 0 saturated carbocycles. The van der Waals surface area contributed by atoms with Crippen molar-refractivity contribution < 1.29 is 4.79 Å². The normalized spacial score (nSPS) is 11.0. The van der Waals surface area contributed by atoms with Gasteiger partial charge in [-0.1, -0.05) is 47.6 Å². The Morgan fingerprint density at radius 1 is 1.20 bits per heavy atom. The van der Waals surface area contributed by atoms with Crippen LogP contribution in [0.2, 0.25) is 5.02 Å². The zero-order valence-electron chi connectivity index (χ0n) is 16.1. The van der Waals surface area contributed by atoms with Gasteiger partial charge in [0.05, 0.1) is 17.0 Å². The summed E-state index contributed by atoms with van der Waals surface area (Å²) in [5.74, 6) is 0.0204. The maximum absolute atomic E-state index is 13.1. The van der Waals surface area contributed by atoms with Crippen molar-refractivity contribution in [2.24, 2.45) is 0 Å². The van der Waals surface area contributed by atoms with Crippen molar-refractivity contribution in [2.75, 3.05) is 5.75 Å². The van der Waals surface area contributed by atoms with Crippen LogP contribution in [0.1, 0.15) is 11.1 Å². The molecule has 0 atom stereocenters. The van der Waals surface area contributed by atoms with Gasteiger partial charge >= 0.3 is 0 Å². The molecule has 8 heteroatoms. The van der Waals surface area contributed by atoms with E-state index in [1.54, 1.807) is 16.7 Å². The average Bonchev–Trinajstić information content (AvgIpc) is 3.21. The smallest absolute Gasteiger partial charge is 0.276 e. The summed E-state index contributed by atoms with van der Waals surface area (Å²) in [5.41, 5.74) is 3.28. The van der Waals surface area contributed by atoms with Crippen LogP contribution >= 0.6 is 34.7 Å². The van der Waals surface area contributed by atoms with Gasteiger partial charge in [-0.25, -0.2) is 4.98 Å². The molecule has 4 aromatic rings. The summed E-state index contributed by atoms with van der Waals surface area (Å²) in [6, 6.07) is 16.8. The third-order valence-electron chi connectivity index (χ3n) is 4.44. The van der Waals surface area contributed by atoms with Gasteiger partial charge in [0.15, 0.2) is 5.16 Å². The third kappa shape index (κ3) is 4.59. The molecular formula is C22H18ClN3O2S2. The number of thiophene rings is 1. The molecule has 5 nitrogen and oxygen atoms in total. The van der Waals surface area contributed by atoms with Gasteiger partial charge in [0.1, 0.15) is 4.70 Å². The Balaban J connectivity index is 1.56. The van der Waals surface area contributed by atoms with Gasteiger partial charge in [-0.15, -0.1) is 11.3 Å². The summed E-state index contributed by atoms with van der Waals surface area (Å²) in [5, 5.41) is 5.90. The molecule has 0 aliphatic carbocycles. The van der Waals surface area contributed by atoms with E-state index in [-0.39, 0.29) is 17.2 Å². The fraction of sp³-hybridized carbons (Fsp3) is 0.136. The summed E-state index contributed by atoms with van der Waals surface area (Å²) in [6.07, 6.45) is 0. The van der Waals surface area contributed by atoms with Gasteiger partial charge in [-0.2, -0.15) is 0 Å². The molecule has 0 spiro atoms. The van der Waals surface area contributed by atoms with Crippen molar-refractivity contribution in [2.45, 2.75) is 18.6 Å². The van der Waals surface area contributed by atoms with Gasteiger partial charge in [-0.05, 0) is 53.8 Å². The van der Waals surface area contributed by atoms with E-state index in [0.717, 1.165) is 16.8 Å². The number of halogens is 1. The van der Waals surface area contributed by atoms with Crippen LogP contribution in [0.4, 0.5) is 0 Å². The topological polar surface area (TPSA) is 64.0 Å². The molecule has 1 amide bonds. The fourth-order valence-electron chi connectivity index (χ4n) is 2.97. The van der Waals surface area contributed by atoms with E-state index in [1.165, 1.54) is 23.1 Å². The number of aromatic nitrogens is 2. The Morgan fingerprint density at radius 3 is 2.77 bits per heavy atom. The number of nitrogens with one attached hydrogen (secondary N) is 1. The van der Waals surface area contributed by atoms with Crippen LogP contribution in [0, 0.1) is 6.92 Å². The second kappa shape index (κ2) is 9.04. The zero-order chi connectivity index (χ0) is 21.1. The number of thioether (sulfide) groups is 1. The van der Waals surface area contributed by atoms with E-state index in [1.807, 2.05) is 54.8 Å². The van der Waals surface area contributed by atoms with Crippen LogP contribution in [0.5, 0.6) is 0 Å². The largest absolute Gasteiger partial charge is 0.351 e. The van der Waals surface area contributed by atoms with Crippen LogP contribution in [-0.4, -0.2) is 21.2 Å². The minimum atomic E-state index is -0.134. The number of hydrogen-bond donors (Lipinski definition) is 1. The first kappa shape index (κ1) is 20.7. The molecule has 30 heavy (non-hydrogen) atoms. The minimum Gasteiger partial charge on any atom is -0.351 e. The second-order valence-corrected chi connectivity index (χ2v) is 9.00. The number of carbonyl (C=O) groups is 1. The molecule has 0 saturated heterocycles. The number of hydrogen-bond acceptors (Lipinski definition) is 5. The van der Waals surface area contributed by atoms with Crippen molar-refractivity contribution >= 4 is 50.8 Å². The van der Waals surface area contributed by atoms with Crippen LogP contribution in [0.25, 0.3) is 15.9 Å². The average molecular weight is 456 g/mol. The van der Waals surface area contributed by atoms with Gasteiger partial charge in [-0.3, -0.25) is 14.2 Å². The summed E-state index contributed by atoms with van der Waals surface area (Å²) < 4.78 is 2.19. The zero-order valence-corrected chi connectivity index (χ0v) is 18.5. The molecule has 0 aliphatic rings. The highest BCUT2D eigenvalue weighted by molar-refractivity contribution is 7.99. The van der Waals surface area contributed by atoms with Crippen molar-refractivity contribution in [1.82, 2.24) is 14.9 Å². The highest BCUT2D eigenvalue weighted by atomic mass is 35.5. The monoisotopic (exact) mass is 455 g/mol. The Labute approximate surface area is 186 Å². The predicted octanol–water partition coefficient (Wildman–Crippen LogP) is 4.82. The first-order chi connectivity index (χ1) is 14.5. The quantitative estimate of drug-likeness (QED) is 0.334. The predicted molar refractivity (Wildman–Crippen MR) is 124 cm³/mol. The van der Waals surface area contributed by atoms with Gasteiger partial charge in [0, 0.05) is 11.6 Å². The maximum atomic E-state index is 13.1. The maximum Gasteiger partial charge on any atom is 0.276 e. The van der Waals surface area contributed by atoms with E-state index in [9.17, 15) is 9.59 Å². The lowest BCUT2D eigenvalue weighted by atomic mass is 10.2. The molecule has 4 rings (SSSR count). The molecule has 2 heterocycles. The number of benzene rings is 2. The standard InChI is InChI=1S/C22H18ClN3O2S2/c1-14-3-2-4-17(11-14)26-21(28)20-18(9-10-29-20)25-22(26)30-13-19(27)24-12-15-5-7-16(23)8-6-15/h2-11H,12-13H2,1H3,(H,24,27). The van der Waals surface area contributed by atoms with Crippen molar-refractivity contribution in [3.05, 3.63) is 86.5 Å². The van der Waals surface area contributed by atoms with E-state index in [0.29, 0.717) is 26.9 Å². The van der Waals surface area contributed by atoms with E-state index < -0.39 is 0 Å². The molecular weight excluding hydrogens is 438 g/mol. The number of amides is 1. The van der Waals surface area contributed by atoms with Gasteiger partial charge in [0.25, 0.3) is 5.56 Å². The van der Waals surface area contributed by atoms with Crippen LogP contribution in [0.15, 0.2) is 69.9 Å². The molecule has 0 aliphatic heterocycles. The van der Waals surface area contributed by atoms with Crippen LogP contribution in [-0.2, 0) is 11.3 Å². The number of carbonyl (C=O) groups excluding carboxylic acids is 1. The lowest BCUT2D eigenvalue weighted by Gasteiger charge is -2.12. The second-order valence-electron chi connectivity index (χ2n) is 6.70. The Bertz CT molecular complexity index is 1270. The summed E-state index contributed by atoms with van der Waals surface area (Å²) in [6.45, 7) is 2.39. The molecule has 0 fully saturated rings. The molecule has 1 N–H and O–H groups in total. The van der Waals surface area contributed by atoms with Crippen LogP contribution in [0.3, 0.4) is 0 Å². The first-order valence-corrected chi connectivity index (χ1v) is 11.5. The number of rotatable bonds is 6. The third-order valence-corrected chi connectivity index (χ3v) is 6.53. The van der Waals surface area contributed by atoms with E-state index in [2.05, 4.69) is 10.3 Å². The minimum absolute atomic E-state index is 0.121. The molecule has 0 bridgehead atoms. The lowest BCUT2D eigenvalue weighted by molar-refractivity contribution is -0.118. The Kier molecular flexibility index (Phi) is 6.22. The van der Waals surface area contributed by atoms with Crippen molar-refractivity contribution in [3.63, 3.8) is 0 Å². The van der Waals surface area contributed by atoms with Gasteiger partial charge < -0.3 is 5.32 Å². The molecule has 0 radical (unpaired) electrons. The van der Waals surface area contributed by atoms with Crippen LogP contribution < -0.4 is 10.9 Å². The highest BCUT2D eigenvalue weighted by Gasteiger charge is 2.15. The number of fused-ring (bicyclic) bond motifs is 1. The molecule has 2 aromatic carbocycles. The molecule has 0 unspecified atom stereocenters. The fourth-order valence-corrected chi connectivity index (χ4v) is 4.70. The molecule has 152 valence electrons. The summed E-state index contributed by atoms with van der Waals surface area (Å²) in [4.78, 5) is 30.1. The van der Waals surface area contributed by atoms with E-state index in [4.69, 9.17) is 11.6 Å². The van der Waals surface area contributed by atoms with E-state index >= 15 is 0 Å². The van der Waals surface area contributed by atoms with Gasteiger partial charge in [0.2, 0.25) is 5.91 Å². The Hall–Kier alpha value is -2.61.